The molecule has 0 bridgehead atoms. The highest BCUT2D eigenvalue weighted by Crippen LogP contribution is 2.37. The van der Waals surface area contributed by atoms with Crippen molar-refractivity contribution < 1.29 is 10.2 Å². The Morgan fingerprint density at radius 2 is 2.05 bits per heavy atom. The van der Waals surface area contributed by atoms with Crippen molar-refractivity contribution in [3.05, 3.63) is 35.4 Å². The van der Waals surface area contributed by atoms with Crippen molar-refractivity contribution in [1.82, 2.24) is 14.8 Å². The van der Waals surface area contributed by atoms with Crippen molar-refractivity contribution >= 4 is 0 Å². The molecule has 6 nitrogen and oxygen atoms in total. The Hall–Kier alpha value is -2.08. The van der Waals surface area contributed by atoms with Gasteiger partial charge < -0.3 is 20.5 Å². The molecule has 1 atom stereocenters. The molecule has 3 rings (SSSR count). The molecule has 0 radical (unpaired) electrons. The highest BCUT2D eigenvalue weighted by molar-refractivity contribution is 5.40. The molecule has 1 aromatic carbocycles. The van der Waals surface area contributed by atoms with Crippen molar-refractivity contribution in [2.75, 3.05) is 0 Å². The van der Waals surface area contributed by atoms with Crippen molar-refractivity contribution in [1.29, 1.82) is 0 Å². The van der Waals surface area contributed by atoms with Crippen LogP contribution in [0, 0.1) is 6.92 Å². The topological polar surface area (TPSA) is 97.2 Å². The zero-order valence-electron chi connectivity index (χ0n) is 11.3. The van der Waals surface area contributed by atoms with E-state index in [0.717, 1.165) is 30.1 Å². The molecular weight excluding hydrogens is 256 g/mol. The lowest BCUT2D eigenvalue weighted by Gasteiger charge is -2.14. The van der Waals surface area contributed by atoms with E-state index >= 15 is 0 Å². The third-order valence-electron chi connectivity index (χ3n) is 3.63. The third kappa shape index (κ3) is 2.34. The lowest BCUT2D eigenvalue weighted by Crippen LogP contribution is -2.19. The third-order valence-corrected chi connectivity index (χ3v) is 3.63. The fourth-order valence-electron chi connectivity index (χ4n) is 2.46. The van der Waals surface area contributed by atoms with Crippen LogP contribution in [0.2, 0.25) is 0 Å². The molecule has 6 heteroatoms. The summed E-state index contributed by atoms with van der Waals surface area (Å²) in [5.41, 5.74) is 7.08. The van der Waals surface area contributed by atoms with Gasteiger partial charge in [0.1, 0.15) is 5.82 Å². The van der Waals surface area contributed by atoms with Gasteiger partial charge in [-0.15, -0.1) is 10.2 Å². The zero-order valence-corrected chi connectivity index (χ0v) is 11.3. The maximum absolute atomic E-state index is 9.52. The van der Waals surface area contributed by atoms with Gasteiger partial charge in [0.25, 0.3) is 0 Å². The van der Waals surface area contributed by atoms with E-state index in [4.69, 9.17) is 5.73 Å². The maximum Gasteiger partial charge on any atom is 0.157 e. The molecule has 0 aliphatic heterocycles. The number of nitrogens with zero attached hydrogens (tertiary/aromatic N) is 3. The van der Waals surface area contributed by atoms with Crippen LogP contribution >= 0.6 is 0 Å². The Kier molecular flexibility index (Phi) is 3.10. The molecule has 0 amide bonds. The van der Waals surface area contributed by atoms with Crippen LogP contribution in [-0.4, -0.2) is 25.0 Å². The second-order valence-electron chi connectivity index (χ2n) is 5.34. The summed E-state index contributed by atoms with van der Waals surface area (Å²) in [4.78, 5) is 0. The molecule has 0 spiro atoms. The number of benzene rings is 1. The van der Waals surface area contributed by atoms with Gasteiger partial charge in [-0.05, 0) is 43.9 Å². The smallest absolute Gasteiger partial charge is 0.157 e. The first-order valence-electron chi connectivity index (χ1n) is 6.74. The van der Waals surface area contributed by atoms with Crippen LogP contribution in [0.1, 0.15) is 42.1 Å². The molecular formula is C14H18N4O2. The molecule has 4 N–H and O–H groups in total. The van der Waals surface area contributed by atoms with Gasteiger partial charge in [0, 0.05) is 6.04 Å². The molecule has 1 aliphatic carbocycles. The first-order chi connectivity index (χ1) is 9.56. The molecule has 20 heavy (non-hydrogen) atoms. The average molecular weight is 274 g/mol. The average Bonchev–Trinajstić information content (AvgIpc) is 3.17. The summed E-state index contributed by atoms with van der Waals surface area (Å²) in [5.74, 6) is 1.43. The Labute approximate surface area is 116 Å². The summed E-state index contributed by atoms with van der Waals surface area (Å²) in [7, 11) is 0. The molecule has 1 saturated carbocycles. The maximum atomic E-state index is 9.52. The number of hydrogen-bond donors (Lipinski definition) is 3. The minimum atomic E-state index is -0.277. The van der Waals surface area contributed by atoms with Crippen molar-refractivity contribution in [2.45, 2.75) is 38.3 Å². The van der Waals surface area contributed by atoms with Crippen LogP contribution in [0.3, 0.4) is 0 Å². The Bertz CT molecular complexity index is 634. The van der Waals surface area contributed by atoms with Gasteiger partial charge in [0.15, 0.2) is 17.3 Å². The number of aryl methyl sites for hydroxylation is 1. The molecule has 1 fully saturated rings. The Balaban J connectivity index is 1.82. The second-order valence-corrected chi connectivity index (χ2v) is 5.34. The fourth-order valence-corrected chi connectivity index (χ4v) is 2.46. The SMILES string of the molecule is Cc1nnc(C(N)Cc2ccc(O)c(O)c2)n1C1CC1. The second kappa shape index (κ2) is 4.79. The van der Waals surface area contributed by atoms with Crippen LogP contribution in [0.15, 0.2) is 18.2 Å². The molecule has 106 valence electrons. The number of aromatic nitrogens is 3. The van der Waals surface area contributed by atoms with E-state index in [9.17, 15) is 10.2 Å². The van der Waals surface area contributed by atoms with Gasteiger partial charge in [-0.3, -0.25) is 0 Å². The largest absolute Gasteiger partial charge is 0.504 e. The lowest BCUT2D eigenvalue weighted by molar-refractivity contribution is 0.403. The molecule has 1 aliphatic rings. The summed E-state index contributed by atoms with van der Waals surface area (Å²) in [6.45, 7) is 1.94. The molecule has 2 aromatic rings. The summed E-state index contributed by atoms with van der Waals surface area (Å²) in [6.07, 6.45) is 2.84. The van der Waals surface area contributed by atoms with E-state index in [-0.39, 0.29) is 17.5 Å². The van der Waals surface area contributed by atoms with E-state index < -0.39 is 0 Å². The molecule has 1 heterocycles. The van der Waals surface area contributed by atoms with Crippen LogP contribution in [0.5, 0.6) is 11.5 Å². The normalized spacial score (nSPS) is 16.3. The van der Waals surface area contributed by atoms with E-state index in [1.54, 1.807) is 6.07 Å². The Morgan fingerprint density at radius 3 is 2.70 bits per heavy atom. The van der Waals surface area contributed by atoms with Gasteiger partial charge in [-0.2, -0.15) is 0 Å². The van der Waals surface area contributed by atoms with Crippen LogP contribution in [0.4, 0.5) is 0 Å². The van der Waals surface area contributed by atoms with Crippen molar-refractivity contribution in [2.24, 2.45) is 5.73 Å². The summed E-state index contributed by atoms with van der Waals surface area (Å²) < 4.78 is 2.12. The standard InChI is InChI=1S/C14H18N4O2/c1-8-16-17-14(18(8)10-3-4-10)11(15)6-9-2-5-12(19)13(20)7-9/h2,5,7,10-11,19-20H,3-4,6,15H2,1H3. The lowest BCUT2D eigenvalue weighted by atomic mass is 10.1. The van der Waals surface area contributed by atoms with E-state index in [1.165, 1.54) is 12.1 Å². The molecule has 0 saturated heterocycles. The van der Waals surface area contributed by atoms with Gasteiger partial charge >= 0.3 is 0 Å². The Morgan fingerprint density at radius 1 is 1.30 bits per heavy atom. The van der Waals surface area contributed by atoms with Crippen molar-refractivity contribution in [3.63, 3.8) is 0 Å². The first-order valence-corrected chi connectivity index (χ1v) is 6.74. The van der Waals surface area contributed by atoms with E-state index in [1.807, 2.05) is 6.92 Å². The number of nitrogens with two attached hydrogens (primary N) is 1. The highest BCUT2D eigenvalue weighted by Gasteiger charge is 2.30. The minimum Gasteiger partial charge on any atom is -0.504 e. The molecule has 1 aromatic heterocycles. The quantitative estimate of drug-likeness (QED) is 0.735. The summed E-state index contributed by atoms with van der Waals surface area (Å²) in [5, 5.41) is 27.1. The van der Waals surface area contributed by atoms with Crippen LogP contribution < -0.4 is 5.73 Å². The van der Waals surface area contributed by atoms with Gasteiger partial charge in [-0.1, -0.05) is 6.07 Å². The minimum absolute atomic E-state index is 0.126. The predicted octanol–water partition coefficient (Wildman–Crippen LogP) is 1.58. The predicted molar refractivity (Wildman–Crippen MR) is 73.4 cm³/mol. The number of hydrogen-bond acceptors (Lipinski definition) is 5. The highest BCUT2D eigenvalue weighted by atomic mass is 16.3. The fraction of sp³-hybridized carbons (Fsp3) is 0.429. The number of rotatable bonds is 4. The number of phenols is 2. The van der Waals surface area contributed by atoms with E-state index in [0.29, 0.717) is 12.5 Å². The zero-order chi connectivity index (χ0) is 14.3. The monoisotopic (exact) mass is 274 g/mol. The summed E-state index contributed by atoms with van der Waals surface area (Å²) >= 11 is 0. The van der Waals surface area contributed by atoms with Crippen molar-refractivity contribution in [3.8, 4) is 11.5 Å². The summed E-state index contributed by atoms with van der Waals surface area (Å²) in [6, 6.07) is 4.95. The first kappa shape index (κ1) is 12.9. The van der Waals surface area contributed by atoms with E-state index in [2.05, 4.69) is 14.8 Å². The van der Waals surface area contributed by atoms with Gasteiger partial charge in [0.05, 0.1) is 6.04 Å². The van der Waals surface area contributed by atoms with Crippen LogP contribution in [-0.2, 0) is 6.42 Å². The van der Waals surface area contributed by atoms with Gasteiger partial charge in [0.2, 0.25) is 0 Å². The molecule has 1 unspecified atom stereocenters. The number of phenolic OH excluding ortho intramolecular Hbond substituents is 2. The van der Waals surface area contributed by atoms with Gasteiger partial charge in [-0.25, -0.2) is 0 Å². The van der Waals surface area contributed by atoms with Crippen LogP contribution in [0.25, 0.3) is 0 Å². The number of aromatic hydroxyl groups is 2.